The summed E-state index contributed by atoms with van der Waals surface area (Å²) in [6, 6.07) is 7.99. The molecule has 3 heterocycles. The zero-order valence-electron chi connectivity index (χ0n) is 34.4. The highest BCUT2D eigenvalue weighted by molar-refractivity contribution is 5.90. The number of hydrogen-bond acceptors (Lipinski definition) is 8. The molecule has 2 aliphatic heterocycles. The number of hydrogen-bond donors (Lipinski definition) is 5. The highest BCUT2D eigenvalue weighted by atomic mass is 19.4. The number of rotatable bonds is 12. The molecule has 3 aromatic rings. The van der Waals surface area contributed by atoms with Gasteiger partial charge in [-0.15, -0.1) is 13.2 Å². The molecule has 2 aromatic carbocycles. The first kappa shape index (κ1) is 44.7. The Kier molecular flexibility index (Phi) is 14.2. The Morgan fingerprint density at radius 2 is 1.64 bits per heavy atom. The Balaban J connectivity index is 1.22. The Morgan fingerprint density at radius 3 is 2.25 bits per heavy atom. The predicted octanol–water partition coefficient (Wildman–Crippen LogP) is 6.82. The summed E-state index contributed by atoms with van der Waals surface area (Å²) in [5.74, 6) is -1.54. The number of imidazole rings is 1. The van der Waals surface area contributed by atoms with Crippen LogP contribution in [0.15, 0.2) is 42.5 Å². The Hall–Kier alpha value is -5.39. The number of alkyl carbamates (subject to hydrolysis) is 1. The third-order valence-electron chi connectivity index (χ3n) is 10.4. The number of benzene rings is 2. The van der Waals surface area contributed by atoms with Gasteiger partial charge < -0.3 is 45.5 Å². The van der Waals surface area contributed by atoms with Crippen LogP contribution in [0.4, 0.5) is 32.8 Å². The molecule has 5 rings (SSSR count). The van der Waals surface area contributed by atoms with Crippen LogP contribution in [-0.4, -0.2) is 102 Å². The van der Waals surface area contributed by atoms with Crippen LogP contribution in [-0.2, 0) is 14.3 Å². The summed E-state index contributed by atoms with van der Waals surface area (Å²) in [6.45, 7) is 13.6. The molecule has 14 nitrogen and oxygen atoms in total. The van der Waals surface area contributed by atoms with Crippen molar-refractivity contribution >= 4 is 29.6 Å². The van der Waals surface area contributed by atoms with E-state index in [1.807, 2.05) is 32.6 Å². The molecule has 0 saturated carbocycles. The molecule has 0 radical (unpaired) electrons. The quantitative estimate of drug-likeness (QED) is 0.0979. The number of aromatic nitrogens is 2. The van der Waals surface area contributed by atoms with Crippen molar-refractivity contribution in [3.8, 4) is 28.1 Å². The molecule has 3 atom stereocenters. The van der Waals surface area contributed by atoms with Crippen LogP contribution in [0.5, 0.6) is 5.75 Å². The van der Waals surface area contributed by atoms with E-state index in [1.54, 1.807) is 18.7 Å². The first-order chi connectivity index (χ1) is 27.7. The van der Waals surface area contributed by atoms with E-state index in [-0.39, 0.29) is 59.0 Å². The highest BCUT2D eigenvalue weighted by Gasteiger charge is 2.41. The lowest BCUT2D eigenvalue weighted by Gasteiger charge is -2.36. The lowest BCUT2D eigenvalue weighted by molar-refractivity contribution is -0.274. The van der Waals surface area contributed by atoms with Crippen molar-refractivity contribution in [2.45, 2.75) is 85.3 Å². The van der Waals surface area contributed by atoms with E-state index in [4.69, 9.17) is 4.74 Å². The van der Waals surface area contributed by atoms with Gasteiger partial charge in [0.2, 0.25) is 17.8 Å². The van der Waals surface area contributed by atoms with Crippen molar-refractivity contribution in [3.05, 3.63) is 54.2 Å². The zero-order valence-corrected chi connectivity index (χ0v) is 34.4. The molecule has 18 heteroatoms. The minimum Gasteiger partial charge on any atom is -0.453 e. The largest absolute Gasteiger partial charge is 0.573 e. The number of H-pyrrole nitrogens is 1. The van der Waals surface area contributed by atoms with Crippen LogP contribution in [0.3, 0.4) is 0 Å². The van der Waals surface area contributed by atoms with Gasteiger partial charge in [-0.2, -0.15) is 4.39 Å². The average molecular weight is 831 g/mol. The second-order valence-corrected chi connectivity index (χ2v) is 16.5. The van der Waals surface area contributed by atoms with E-state index in [9.17, 15) is 32.3 Å². The van der Waals surface area contributed by atoms with Crippen LogP contribution in [0, 0.1) is 23.2 Å². The van der Waals surface area contributed by atoms with Gasteiger partial charge in [-0.25, -0.2) is 14.6 Å². The minimum atomic E-state index is -5.04. The number of aromatic amines is 1. The Labute approximate surface area is 341 Å². The van der Waals surface area contributed by atoms with Crippen molar-refractivity contribution in [2.24, 2.45) is 17.3 Å². The molecule has 2 fully saturated rings. The summed E-state index contributed by atoms with van der Waals surface area (Å²) in [5, 5.41) is 11.2. The number of carbonyl (C=O) groups is 4. The van der Waals surface area contributed by atoms with Gasteiger partial charge in [0, 0.05) is 67.1 Å². The summed E-state index contributed by atoms with van der Waals surface area (Å²) in [6.07, 6.45) is -3.72. The van der Waals surface area contributed by atoms with E-state index in [0.717, 1.165) is 18.9 Å². The molecule has 1 aromatic heterocycles. The number of likely N-dealkylation sites (tertiary alicyclic amines) is 2. The number of methoxy groups -OCH3 is 1. The van der Waals surface area contributed by atoms with Gasteiger partial charge >= 0.3 is 18.5 Å². The average Bonchev–Trinajstić information content (AvgIpc) is 3.76. The van der Waals surface area contributed by atoms with Gasteiger partial charge in [-0.1, -0.05) is 65.8 Å². The molecule has 0 aliphatic carbocycles. The molecule has 0 unspecified atom stereocenters. The standard InChI is InChI=1S/C41H54F4N8O6/c1-23(2)32(50-39(57)58-7)36(54)53-22-24(3)20-30(53)35-49-33(34(42)51-35)26-10-8-25(9-11-26)29-13-12-28(21-31(29)59-41(43,44)45)48-38(56)47-17-16-46-27-14-18-52(19-15-27)37(55)40(4,5)6/h8-13,21,23-24,27,30,32,46H,14-20,22H2,1-7H3,(H,49,51)(H,50,57)(H2,47,48,56)/t24-,30-,32-/m0/s1. The van der Waals surface area contributed by atoms with E-state index < -0.39 is 47.7 Å². The summed E-state index contributed by atoms with van der Waals surface area (Å²) < 4.78 is 65.2. The SMILES string of the molecule is COC(=O)N[C@H](C(=O)N1C[C@@H](C)C[C@H]1c1nc(-c2ccc(-c3ccc(NC(=O)NCCNC4CCN(C(=O)C(C)(C)C)CC4)cc3OC(F)(F)F)cc2)c(F)[nH]1)C(C)C. The number of urea groups is 1. The third kappa shape index (κ3) is 11.6. The summed E-state index contributed by atoms with van der Waals surface area (Å²) >= 11 is 0. The zero-order chi connectivity index (χ0) is 43.2. The van der Waals surface area contributed by atoms with Crippen molar-refractivity contribution in [3.63, 3.8) is 0 Å². The van der Waals surface area contributed by atoms with Crippen molar-refractivity contribution in [1.29, 1.82) is 0 Å². The fraction of sp³-hybridized carbons (Fsp3) is 0.537. The van der Waals surface area contributed by atoms with Gasteiger partial charge in [0.25, 0.3) is 0 Å². The molecule has 2 aliphatic rings. The second kappa shape index (κ2) is 18.7. The molecule has 5 N–H and O–H groups in total. The van der Waals surface area contributed by atoms with Crippen LogP contribution in [0.1, 0.15) is 72.7 Å². The van der Waals surface area contributed by atoms with Gasteiger partial charge in [-0.05, 0) is 48.8 Å². The van der Waals surface area contributed by atoms with Crippen LogP contribution >= 0.6 is 0 Å². The van der Waals surface area contributed by atoms with Crippen LogP contribution < -0.4 is 26.0 Å². The molecule has 0 bridgehead atoms. The number of carbonyl (C=O) groups excluding carboxylic acids is 4. The van der Waals surface area contributed by atoms with Gasteiger partial charge in [-0.3, -0.25) is 9.59 Å². The summed E-state index contributed by atoms with van der Waals surface area (Å²) in [7, 11) is 1.20. The summed E-state index contributed by atoms with van der Waals surface area (Å²) in [5.41, 5.74) is 0.294. The maximum absolute atomic E-state index is 15.5. The topological polar surface area (TPSA) is 170 Å². The predicted molar refractivity (Wildman–Crippen MR) is 213 cm³/mol. The number of halogens is 4. The maximum Gasteiger partial charge on any atom is 0.573 e. The minimum absolute atomic E-state index is 0.0444. The molecule has 5 amide bonds. The van der Waals surface area contributed by atoms with Gasteiger partial charge in [0.05, 0.1) is 13.2 Å². The number of ether oxygens (including phenoxy) is 2. The number of piperidine rings is 1. The highest BCUT2D eigenvalue weighted by Crippen LogP contribution is 2.39. The monoisotopic (exact) mass is 830 g/mol. The van der Waals surface area contributed by atoms with Crippen molar-refractivity contribution in [2.75, 3.05) is 45.2 Å². The fourth-order valence-electron chi connectivity index (χ4n) is 7.39. The first-order valence-electron chi connectivity index (χ1n) is 19.7. The number of alkyl halides is 3. The van der Waals surface area contributed by atoms with E-state index >= 15 is 4.39 Å². The Bertz CT molecular complexity index is 1960. The van der Waals surface area contributed by atoms with E-state index in [2.05, 4.69) is 36.0 Å². The fourth-order valence-corrected chi connectivity index (χ4v) is 7.39. The van der Waals surface area contributed by atoms with Crippen molar-refractivity contribution < 1.29 is 46.2 Å². The molecule has 322 valence electrons. The molecular weight excluding hydrogens is 776 g/mol. The lowest BCUT2D eigenvalue weighted by atomic mass is 9.93. The van der Waals surface area contributed by atoms with Crippen LogP contribution in [0.2, 0.25) is 0 Å². The second-order valence-electron chi connectivity index (χ2n) is 16.5. The normalized spacial score (nSPS) is 18.1. The van der Waals surface area contributed by atoms with E-state index in [1.165, 1.54) is 43.5 Å². The smallest absolute Gasteiger partial charge is 0.453 e. The summed E-state index contributed by atoms with van der Waals surface area (Å²) in [4.78, 5) is 61.4. The molecule has 0 spiro atoms. The Morgan fingerprint density at radius 1 is 0.983 bits per heavy atom. The number of anilines is 1. The van der Waals surface area contributed by atoms with Crippen molar-refractivity contribution in [1.82, 2.24) is 35.7 Å². The maximum atomic E-state index is 15.5. The first-order valence-corrected chi connectivity index (χ1v) is 19.7. The van der Waals surface area contributed by atoms with Gasteiger partial charge in [0.15, 0.2) is 0 Å². The van der Waals surface area contributed by atoms with Crippen LogP contribution in [0.25, 0.3) is 22.4 Å². The molecule has 59 heavy (non-hydrogen) atoms. The van der Waals surface area contributed by atoms with Gasteiger partial charge in [0.1, 0.15) is 23.3 Å². The number of amides is 5. The lowest BCUT2D eigenvalue weighted by Crippen LogP contribution is -2.51. The van der Waals surface area contributed by atoms with E-state index in [0.29, 0.717) is 43.7 Å². The molecule has 2 saturated heterocycles. The number of nitrogens with zero attached hydrogens (tertiary/aromatic N) is 3. The molecular formula is C41H54F4N8O6. The third-order valence-corrected chi connectivity index (χ3v) is 10.4. The number of nitrogens with one attached hydrogen (secondary N) is 5.